The smallest absolute Gasteiger partial charge is 0.317 e. The summed E-state index contributed by atoms with van der Waals surface area (Å²) in [6.07, 6.45) is 1.74. The van der Waals surface area contributed by atoms with Gasteiger partial charge in [-0.05, 0) is 56.0 Å². The van der Waals surface area contributed by atoms with Gasteiger partial charge >= 0.3 is 5.97 Å². The summed E-state index contributed by atoms with van der Waals surface area (Å²) >= 11 is 0. The minimum atomic E-state index is -0.863. The molecule has 3 N–H and O–H groups in total. The number of carboxylic acid groups (broad SMARTS) is 1. The third-order valence-corrected chi connectivity index (χ3v) is 5.30. The SMILES string of the molecule is CNc1cc(-c2nc(-c3cccc4c3CCC4NCC(=O)O)no2)ccc1OC(C)C. The van der Waals surface area contributed by atoms with Gasteiger partial charge in [0.2, 0.25) is 5.82 Å². The molecule has 2 aromatic carbocycles. The number of hydrogen-bond acceptors (Lipinski definition) is 7. The Morgan fingerprint density at radius 1 is 1.32 bits per heavy atom. The van der Waals surface area contributed by atoms with Crippen LogP contribution in [-0.2, 0) is 11.2 Å². The number of rotatable bonds is 8. The average Bonchev–Trinajstić information content (AvgIpc) is 3.39. The van der Waals surface area contributed by atoms with Crippen molar-refractivity contribution in [3.05, 3.63) is 47.5 Å². The second-order valence-corrected chi connectivity index (χ2v) is 7.79. The lowest BCUT2D eigenvalue weighted by molar-refractivity contribution is -0.136. The van der Waals surface area contributed by atoms with Crippen molar-refractivity contribution in [2.45, 2.75) is 38.8 Å². The lowest BCUT2D eigenvalue weighted by Gasteiger charge is -2.14. The van der Waals surface area contributed by atoms with Gasteiger partial charge in [-0.1, -0.05) is 23.4 Å². The van der Waals surface area contributed by atoms with Crippen molar-refractivity contribution in [1.29, 1.82) is 0 Å². The molecule has 4 rings (SSSR count). The van der Waals surface area contributed by atoms with Gasteiger partial charge in [-0.15, -0.1) is 0 Å². The molecule has 31 heavy (non-hydrogen) atoms. The van der Waals surface area contributed by atoms with E-state index in [9.17, 15) is 4.79 Å². The van der Waals surface area contributed by atoms with Crippen LogP contribution in [0.25, 0.3) is 22.8 Å². The van der Waals surface area contributed by atoms with Crippen LogP contribution in [0.2, 0.25) is 0 Å². The molecule has 0 bridgehead atoms. The van der Waals surface area contributed by atoms with E-state index in [1.807, 2.05) is 57.3 Å². The first kappa shape index (κ1) is 20.9. The molecule has 1 unspecified atom stereocenters. The maximum Gasteiger partial charge on any atom is 0.317 e. The Balaban J connectivity index is 1.61. The Labute approximate surface area is 180 Å². The molecule has 0 aliphatic heterocycles. The molecule has 0 saturated carbocycles. The van der Waals surface area contributed by atoms with E-state index in [1.54, 1.807) is 0 Å². The lowest BCUT2D eigenvalue weighted by atomic mass is 10.0. The van der Waals surface area contributed by atoms with Crippen LogP contribution in [-0.4, -0.2) is 40.9 Å². The summed E-state index contributed by atoms with van der Waals surface area (Å²) < 4.78 is 11.4. The summed E-state index contributed by atoms with van der Waals surface area (Å²) in [5.74, 6) is 0.859. The van der Waals surface area contributed by atoms with E-state index in [-0.39, 0.29) is 18.7 Å². The fourth-order valence-electron chi connectivity index (χ4n) is 3.95. The molecular formula is C23H26N4O4. The molecule has 1 aliphatic rings. The molecule has 162 valence electrons. The molecule has 8 heteroatoms. The minimum Gasteiger partial charge on any atom is -0.489 e. The van der Waals surface area contributed by atoms with Gasteiger partial charge in [0.15, 0.2) is 0 Å². The number of anilines is 1. The molecule has 0 saturated heterocycles. The molecular weight excluding hydrogens is 396 g/mol. The molecule has 8 nitrogen and oxygen atoms in total. The van der Waals surface area contributed by atoms with Crippen LogP contribution in [0.15, 0.2) is 40.9 Å². The van der Waals surface area contributed by atoms with E-state index in [1.165, 1.54) is 0 Å². The number of fused-ring (bicyclic) bond motifs is 1. The summed E-state index contributed by atoms with van der Waals surface area (Å²) in [4.78, 5) is 15.5. The van der Waals surface area contributed by atoms with Gasteiger partial charge in [0.05, 0.1) is 18.3 Å². The highest BCUT2D eigenvalue weighted by atomic mass is 16.5. The summed E-state index contributed by atoms with van der Waals surface area (Å²) in [7, 11) is 1.84. The van der Waals surface area contributed by atoms with E-state index >= 15 is 0 Å². The Hall–Kier alpha value is -3.39. The molecule has 0 spiro atoms. The number of aliphatic carboxylic acids is 1. The van der Waals surface area contributed by atoms with E-state index in [0.717, 1.165) is 46.5 Å². The number of benzene rings is 2. The first-order chi connectivity index (χ1) is 15.0. The van der Waals surface area contributed by atoms with Crippen molar-refractivity contribution in [2.75, 3.05) is 18.9 Å². The zero-order valence-corrected chi connectivity index (χ0v) is 17.8. The number of nitrogens with zero attached hydrogens (tertiary/aromatic N) is 2. The predicted octanol–water partition coefficient (Wildman–Crippen LogP) is 3.89. The van der Waals surface area contributed by atoms with Crippen molar-refractivity contribution >= 4 is 11.7 Å². The number of nitrogens with one attached hydrogen (secondary N) is 2. The van der Waals surface area contributed by atoms with Crippen LogP contribution in [0.3, 0.4) is 0 Å². The number of aromatic nitrogens is 2. The summed E-state index contributed by atoms with van der Waals surface area (Å²) in [6.45, 7) is 3.90. The molecule has 0 radical (unpaired) electrons. The largest absolute Gasteiger partial charge is 0.489 e. The quantitative estimate of drug-likeness (QED) is 0.502. The molecule has 1 heterocycles. The number of hydrogen-bond donors (Lipinski definition) is 3. The maximum atomic E-state index is 10.9. The summed E-state index contributed by atoms with van der Waals surface area (Å²) in [6, 6.07) is 11.7. The molecule has 1 atom stereocenters. The van der Waals surface area contributed by atoms with E-state index in [2.05, 4.69) is 20.8 Å². The van der Waals surface area contributed by atoms with Crippen molar-refractivity contribution in [3.63, 3.8) is 0 Å². The predicted molar refractivity (Wildman–Crippen MR) is 117 cm³/mol. The molecule has 0 fully saturated rings. The highest BCUT2D eigenvalue weighted by Crippen LogP contribution is 2.38. The zero-order chi connectivity index (χ0) is 22.0. The van der Waals surface area contributed by atoms with Crippen molar-refractivity contribution in [1.82, 2.24) is 15.5 Å². The molecule has 1 aliphatic carbocycles. The number of carbonyl (C=O) groups is 1. The zero-order valence-electron chi connectivity index (χ0n) is 17.8. The fourth-order valence-corrected chi connectivity index (χ4v) is 3.95. The normalized spacial score (nSPS) is 15.2. The maximum absolute atomic E-state index is 10.9. The third kappa shape index (κ3) is 4.39. The van der Waals surface area contributed by atoms with Crippen LogP contribution < -0.4 is 15.4 Å². The fraction of sp³-hybridized carbons (Fsp3) is 0.348. The third-order valence-electron chi connectivity index (χ3n) is 5.30. The lowest BCUT2D eigenvalue weighted by Crippen LogP contribution is -2.25. The molecule has 1 aromatic heterocycles. The first-order valence-electron chi connectivity index (χ1n) is 10.4. The monoisotopic (exact) mass is 422 g/mol. The second kappa shape index (κ2) is 8.77. The standard InChI is InChI=1S/C23H26N4O4/c1-13(2)30-20-10-7-14(11-19(20)24-3)23-26-22(27-31-23)17-6-4-5-16-15(17)8-9-18(16)25-12-21(28)29/h4-7,10-11,13,18,24-25H,8-9,12H2,1-3H3,(H,28,29). The van der Waals surface area contributed by atoms with Gasteiger partial charge in [0.25, 0.3) is 5.89 Å². The van der Waals surface area contributed by atoms with Crippen LogP contribution in [0.5, 0.6) is 5.75 Å². The van der Waals surface area contributed by atoms with Crippen molar-refractivity contribution < 1.29 is 19.2 Å². The van der Waals surface area contributed by atoms with Gasteiger partial charge in [-0.25, -0.2) is 0 Å². The van der Waals surface area contributed by atoms with Crippen LogP contribution in [0.4, 0.5) is 5.69 Å². The van der Waals surface area contributed by atoms with Gasteiger partial charge in [-0.3, -0.25) is 4.79 Å². The van der Waals surface area contributed by atoms with E-state index in [4.69, 9.17) is 14.4 Å². The Morgan fingerprint density at radius 3 is 2.90 bits per heavy atom. The van der Waals surface area contributed by atoms with E-state index in [0.29, 0.717) is 11.7 Å². The van der Waals surface area contributed by atoms with Gasteiger partial charge in [0, 0.05) is 24.2 Å². The van der Waals surface area contributed by atoms with Crippen molar-refractivity contribution in [3.8, 4) is 28.6 Å². The topological polar surface area (TPSA) is 110 Å². The van der Waals surface area contributed by atoms with Crippen LogP contribution >= 0.6 is 0 Å². The van der Waals surface area contributed by atoms with Crippen LogP contribution in [0.1, 0.15) is 37.4 Å². The minimum absolute atomic E-state index is 0.0177. The average molecular weight is 422 g/mol. The Morgan fingerprint density at radius 2 is 2.16 bits per heavy atom. The van der Waals surface area contributed by atoms with E-state index < -0.39 is 5.97 Å². The second-order valence-electron chi connectivity index (χ2n) is 7.79. The Bertz CT molecular complexity index is 1090. The highest BCUT2D eigenvalue weighted by molar-refractivity contribution is 5.71. The van der Waals surface area contributed by atoms with Crippen molar-refractivity contribution in [2.24, 2.45) is 0 Å². The van der Waals surface area contributed by atoms with Gasteiger partial charge in [-0.2, -0.15) is 4.98 Å². The van der Waals surface area contributed by atoms with Crippen LogP contribution in [0, 0.1) is 0 Å². The molecule has 3 aromatic rings. The highest BCUT2D eigenvalue weighted by Gasteiger charge is 2.26. The van der Waals surface area contributed by atoms with Gasteiger partial charge in [0.1, 0.15) is 5.75 Å². The first-order valence-corrected chi connectivity index (χ1v) is 10.4. The Kier molecular flexibility index (Phi) is 5.90. The summed E-state index contributed by atoms with van der Waals surface area (Å²) in [5, 5.41) is 19.4. The van der Waals surface area contributed by atoms with Gasteiger partial charge < -0.3 is 25.0 Å². The molecule has 0 amide bonds. The number of ether oxygens (including phenoxy) is 1. The number of carboxylic acids is 1. The summed E-state index contributed by atoms with van der Waals surface area (Å²) in [5.41, 5.74) is 4.79.